The van der Waals surface area contributed by atoms with Crippen molar-refractivity contribution in [3.8, 4) is 0 Å². The van der Waals surface area contributed by atoms with Gasteiger partial charge in [-0.1, -0.05) is 41.6 Å². The van der Waals surface area contributed by atoms with E-state index in [2.05, 4.69) is 51.5 Å². The second kappa shape index (κ2) is 7.77. The van der Waals surface area contributed by atoms with Crippen molar-refractivity contribution in [1.82, 2.24) is 25.5 Å². The molecule has 0 bridgehead atoms. The molecule has 0 aliphatic rings. The molecule has 4 aromatic rings. The Labute approximate surface area is 171 Å². The van der Waals surface area contributed by atoms with Gasteiger partial charge >= 0.3 is 0 Å². The fraction of sp³-hybridized carbons (Fsp3) is 0.200. The highest BCUT2D eigenvalue weighted by Gasteiger charge is 2.13. The van der Waals surface area contributed by atoms with Gasteiger partial charge in [-0.15, -0.1) is 10.2 Å². The summed E-state index contributed by atoms with van der Waals surface area (Å²) in [7, 11) is 0. The van der Waals surface area contributed by atoms with E-state index in [4.69, 9.17) is 11.6 Å². The predicted molar refractivity (Wildman–Crippen MR) is 113 cm³/mol. The minimum absolute atomic E-state index is 0.0978. The first-order valence-corrected chi connectivity index (χ1v) is 10.1. The molecule has 0 spiro atoms. The lowest BCUT2D eigenvalue weighted by Crippen LogP contribution is -2.24. The quantitative estimate of drug-likeness (QED) is 0.481. The van der Waals surface area contributed by atoms with Crippen LogP contribution in [-0.4, -0.2) is 31.8 Å². The van der Waals surface area contributed by atoms with Gasteiger partial charge in [-0.05, 0) is 48.7 Å². The Kier molecular flexibility index (Phi) is 5.19. The minimum atomic E-state index is -0.0978. The number of amides is 1. The summed E-state index contributed by atoms with van der Waals surface area (Å²) in [4.78, 5) is 20.0. The molecule has 0 saturated carbocycles. The number of halogens is 1. The van der Waals surface area contributed by atoms with Crippen LogP contribution in [0.15, 0.2) is 41.6 Å². The minimum Gasteiger partial charge on any atom is -0.351 e. The fourth-order valence-electron chi connectivity index (χ4n) is 3.17. The van der Waals surface area contributed by atoms with Crippen LogP contribution < -0.4 is 5.32 Å². The van der Waals surface area contributed by atoms with Crippen molar-refractivity contribution < 1.29 is 4.79 Å². The summed E-state index contributed by atoms with van der Waals surface area (Å²) in [6.07, 6.45) is 0. The fourth-order valence-corrected chi connectivity index (χ4v) is 4.00. The van der Waals surface area contributed by atoms with E-state index in [9.17, 15) is 4.79 Å². The smallest absolute Gasteiger partial charge is 0.230 e. The summed E-state index contributed by atoms with van der Waals surface area (Å²) in [6, 6.07) is 11.6. The molecule has 1 amide bonds. The van der Waals surface area contributed by atoms with Crippen LogP contribution in [-0.2, 0) is 11.3 Å². The molecule has 6 nitrogen and oxygen atoms in total. The van der Waals surface area contributed by atoms with Gasteiger partial charge in [0.1, 0.15) is 5.52 Å². The maximum atomic E-state index is 12.1. The van der Waals surface area contributed by atoms with E-state index < -0.39 is 0 Å². The second-order valence-corrected chi connectivity index (χ2v) is 8.00. The molecule has 142 valence electrons. The van der Waals surface area contributed by atoms with E-state index in [-0.39, 0.29) is 11.7 Å². The summed E-state index contributed by atoms with van der Waals surface area (Å²) in [5.41, 5.74) is 5.70. The van der Waals surface area contributed by atoms with E-state index in [1.807, 2.05) is 18.2 Å². The average molecular weight is 412 g/mol. The Morgan fingerprint density at radius 3 is 2.89 bits per heavy atom. The third kappa shape index (κ3) is 3.95. The molecule has 0 fully saturated rings. The first-order chi connectivity index (χ1) is 13.5. The van der Waals surface area contributed by atoms with Gasteiger partial charge in [0.15, 0.2) is 5.65 Å². The molecular formula is C20H18ClN5OS. The van der Waals surface area contributed by atoms with Gasteiger partial charge in [-0.3, -0.25) is 4.79 Å². The lowest BCUT2D eigenvalue weighted by Gasteiger charge is -2.05. The summed E-state index contributed by atoms with van der Waals surface area (Å²) in [6.45, 7) is 4.54. The molecule has 0 aliphatic carbocycles. The number of H-pyrrole nitrogens is 1. The van der Waals surface area contributed by atoms with Crippen LogP contribution in [0.25, 0.3) is 22.1 Å². The van der Waals surface area contributed by atoms with Crippen LogP contribution >= 0.6 is 23.4 Å². The van der Waals surface area contributed by atoms with Crippen LogP contribution in [0.5, 0.6) is 0 Å². The zero-order valence-electron chi connectivity index (χ0n) is 15.4. The number of nitrogens with zero attached hydrogens (tertiary/aromatic N) is 3. The molecule has 2 aromatic heterocycles. The Hall–Kier alpha value is -2.64. The number of aryl methyl sites for hydroxylation is 2. The highest BCUT2D eigenvalue weighted by Crippen LogP contribution is 2.27. The third-order valence-corrected chi connectivity index (χ3v) is 5.42. The molecule has 8 heteroatoms. The largest absolute Gasteiger partial charge is 0.351 e. The number of hydrogen-bond donors (Lipinski definition) is 2. The molecular weight excluding hydrogens is 394 g/mol. The second-order valence-electron chi connectivity index (χ2n) is 6.62. The Morgan fingerprint density at radius 2 is 2.07 bits per heavy atom. The van der Waals surface area contributed by atoms with Crippen LogP contribution in [0.4, 0.5) is 0 Å². The molecule has 2 heterocycles. The first-order valence-electron chi connectivity index (χ1n) is 8.77. The standard InChI is InChI=1S/C20H18ClN5OS/c1-11-6-12(2)17-15(7-11)23-19-18(17)24-20(26-25-19)28-10-16(27)22-9-13-4-3-5-14(21)8-13/h3-8H,9-10H2,1-2H3,(H,22,27)(H,23,25). The number of nitrogens with one attached hydrogen (secondary N) is 2. The molecule has 28 heavy (non-hydrogen) atoms. The molecule has 0 unspecified atom stereocenters. The van der Waals surface area contributed by atoms with E-state index in [1.165, 1.54) is 17.3 Å². The number of fused-ring (bicyclic) bond motifs is 3. The zero-order chi connectivity index (χ0) is 19.7. The number of aromatic nitrogens is 4. The van der Waals surface area contributed by atoms with Gasteiger partial charge in [-0.25, -0.2) is 4.98 Å². The molecule has 4 rings (SSSR count). The maximum absolute atomic E-state index is 12.1. The van der Waals surface area contributed by atoms with Gasteiger partial charge in [0.25, 0.3) is 0 Å². The molecule has 2 aromatic carbocycles. The van der Waals surface area contributed by atoms with Gasteiger partial charge < -0.3 is 10.3 Å². The Bertz CT molecular complexity index is 1190. The van der Waals surface area contributed by atoms with E-state index in [0.29, 0.717) is 22.4 Å². The van der Waals surface area contributed by atoms with Crippen LogP contribution in [0.2, 0.25) is 5.02 Å². The maximum Gasteiger partial charge on any atom is 0.230 e. The molecule has 0 radical (unpaired) electrons. The molecule has 0 atom stereocenters. The van der Waals surface area contributed by atoms with Gasteiger partial charge in [0.2, 0.25) is 11.1 Å². The predicted octanol–water partition coefficient (Wildman–Crippen LogP) is 4.18. The van der Waals surface area contributed by atoms with Crippen molar-refractivity contribution in [1.29, 1.82) is 0 Å². The van der Waals surface area contributed by atoms with Gasteiger partial charge in [0.05, 0.1) is 5.75 Å². The summed E-state index contributed by atoms with van der Waals surface area (Å²) in [5, 5.41) is 13.4. The van der Waals surface area contributed by atoms with Crippen molar-refractivity contribution in [2.45, 2.75) is 25.5 Å². The number of aromatic amines is 1. The summed E-state index contributed by atoms with van der Waals surface area (Å²) < 4.78 is 0. The van der Waals surface area contributed by atoms with E-state index in [0.717, 1.165) is 27.5 Å². The van der Waals surface area contributed by atoms with Crippen molar-refractivity contribution >= 4 is 51.3 Å². The molecule has 0 saturated heterocycles. The number of rotatable bonds is 5. The Morgan fingerprint density at radius 1 is 1.21 bits per heavy atom. The van der Waals surface area contributed by atoms with Crippen molar-refractivity contribution in [3.63, 3.8) is 0 Å². The number of hydrogen-bond acceptors (Lipinski definition) is 5. The van der Waals surface area contributed by atoms with Crippen molar-refractivity contribution in [2.75, 3.05) is 5.75 Å². The third-order valence-electron chi connectivity index (χ3n) is 4.35. The number of carbonyl (C=O) groups excluding carboxylic acids is 1. The highest BCUT2D eigenvalue weighted by atomic mass is 35.5. The summed E-state index contributed by atoms with van der Waals surface area (Å²) in [5.74, 6) is 0.119. The topological polar surface area (TPSA) is 83.6 Å². The zero-order valence-corrected chi connectivity index (χ0v) is 17.0. The van der Waals surface area contributed by atoms with Crippen LogP contribution in [0.1, 0.15) is 16.7 Å². The SMILES string of the molecule is Cc1cc(C)c2c(c1)[nH]c1nnc(SCC(=O)NCc3cccc(Cl)c3)nc12. The van der Waals surface area contributed by atoms with Gasteiger partial charge in [-0.2, -0.15) is 0 Å². The van der Waals surface area contributed by atoms with E-state index in [1.54, 1.807) is 6.07 Å². The lowest BCUT2D eigenvalue weighted by molar-refractivity contribution is -0.118. The average Bonchev–Trinajstić information content (AvgIpc) is 3.02. The number of carbonyl (C=O) groups is 1. The lowest BCUT2D eigenvalue weighted by atomic mass is 10.1. The molecule has 2 N–H and O–H groups in total. The normalized spacial score (nSPS) is 11.2. The monoisotopic (exact) mass is 411 g/mol. The Balaban J connectivity index is 1.46. The van der Waals surface area contributed by atoms with Gasteiger partial charge in [0, 0.05) is 22.5 Å². The van der Waals surface area contributed by atoms with Crippen LogP contribution in [0, 0.1) is 13.8 Å². The van der Waals surface area contributed by atoms with Crippen molar-refractivity contribution in [2.24, 2.45) is 0 Å². The summed E-state index contributed by atoms with van der Waals surface area (Å²) >= 11 is 7.22. The van der Waals surface area contributed by atoms with E-state index >= 15 is 0 Å². The van der Waals surface area contributed by atoms with Crippen molar-refractivity contribution in [3.05, 3.63) is 58.1 Å². The number of thioether (sulfide) groups is 1. The molecule has 0 aliphatic heterocycles. The number of benzene rings is 2. The highest BCUT2D eigenvalue weighted by molar-refractivity contribution is 7.99. The first kappa shape index (κ1) is 18.7. The van der Waals surface area contributed by atoms with Crippen LogP contribution in [0.3, 0.4) is 0 Å².